The summed E-state index contributed by atoms with van der Waals surface area (Å²) in [5, 5.41) is 50.8. The van der Waals surface area contributed by atoms with Crippen molar-refractivity contribution in [3.05, 3.63) is 29.8 Å². The lowest BCUT2D eigenvalue weighted by molar-refractivity contribution is -0.148. The number of carbonyl (C=O) groups is 7. The van der Waals surface area contributed by atoms with Crippen molar-refractivity contribution in [3.63, 3.8) is 0 Å². The molecule has 6 atom stereocenters. The molecule has 1 aromatic carbocycles. The third-order valence-corrected chi connectivity index (χ3v) is 13.8. The second-order valence-corrected chi connectivity index (χ2v) is 27.2. The predicted molar refractivity (Wildman–Crippen MR) is 276 cm³/mol. The normalized spacial score (nSPS) is 14.6. The summed E-state index contributed by atoms with van der Waals surface area (Å²) in [6, 6.07) is 5.07. The van der Waals surface area contributed by atoms with Crippen LogP contribution in [0.15, 0.2) is 24.3 Å². The first kappa shape index (κ1) is 93.8. The van der Waals surface area contributed by atoms with E-state index in [1.54, 1.807) is 13.8 Å². The molecule has 0 radical (unpaired) electrons. The number of halogens is 12. The molecule has 0 saturated carbocycles. The highest BCUT2D eigenvalue weighted by Crippen LogP contribution is 2.30. The topological polar surface area (TPSA) is 510 Å². The van der Waals surface area contributed by atoms with Crippen LogP contribution in [0.3, 0.4) is 0 Å². The number of esters is 1. The van der Waals surface area contributed by atoms with Crippen LogP contribution in [0.25, 0.3) is 0 Å². The van der Waals surface area contributed by atoms with Gasteiger partial charge in [0.1, 0.15) is 5.75 Å². The van der Waals surface area contributed by atoms with Gasteiger partial charge in [-0.2, -0.15) is 103 Å². The lowest BCUT2D eigenvalue weighted by atomic mass is 10.1. The quantitative estimate of drug-likeness (QED) is 0.0234. The summed E-state index contributed by atoms with van der Waals surface area (Å²) in [4.78, 5) is 73.3. The Morgan fingerprint density at radius 3 is 0.879 bits per heavy atom. The van der Waals surface area contributed by atoms with Gasteiger partial charge >= 0.3 is 104 Å². The highest BCUT2D eigenvalue weighted by atomic mass is 32.2. The highest BCUT2D eigenvalue weighted by molar-refractivity contribution is 7.88. The van der Waals surface area contributed by atoms with Gasteiger partial charge in [-0.1, -0.05) is 67.5 Å². The van der Waals surface area contributed by atoms with E-state index >= 15 is 0 Å². The van der Waals surface area contributed by atoms with Gasteiger partial charge in [0.05, 0.1) is 12.5 Å². The molecule has 0 aliphatic rings. The Morgan fingerprint density at radius 2 is 0.670 bits per heavy atom. The van der Waals surface area contributed by atoms with E-state index in [0.29, 0.717) is 0 Å². The van der Waals surface area contributed by atoms with Crippen LogP contribution in [0.5, 0.6) is 5.75 Å². The summed E-state index contributed by atoms with van der Waals surface area (Å²) in [7, 11) is -31.0. The standard InChI is InChI=1S/C12H11F3O7S.C7H11F3O5S.C6H9F3O5S.C6H12O5S.C5H7F3O5S.C5H10O5S/c1-7(16)21-9-4-2-8(3-5-9)6-10(11(17)18)22-23(19,20)12(13,14)15;1-4(2)3-5(6(11)12)15-16(13,14)7(8,9)10;1-3(2)4(5(10)11)14-15(12,13)6(7,8)9;1-4(2)5(6(7)8)11-12(3,9)10;1-2-3(4(9)10)13-14(11,12)5(6,7)8;1-3-4(5(6)7)10-11(2,8)9/h2-5,10H,6H2,1H3,(H,17,18);4-5H,3H2,1-2H3,(H,11,12);3-4H,1-2H3,(H,10,11);4-5H,1-3H3,(H,7,8);3H,2H2,1H3,(H,9,10);4H,3H2,1-2H3,(H,6,7). The van der Waals surface area contributed by atoms with E-state index in [1.165, 1.54) is 65.8 Å². The molecule has 0 fully saturated rings. The van der Waals surface area contributed by atoms with Crippen molar-refractivity contribution in [2.75, 3.05) is 12.5 Å². The lowest BCUT2D eigenvalue weighted by Gasteiger charge is -2.17. The zero-order chi connectivity index (χ0) is 74.0. The van der Waals surface area contributed by atoms with Gasteiger partial charge in [-0.15, -0.1) is 0 Å². The molecule has 0 aliphatic carbocycles. The fourth-order valence-corrected chi connectivity index (χ4v) is 8.28. The smallest absolute Gasteiger partial charge is 0.479 e. The molecule has 0 saturated heterocycles. The molecular weight excluding hydrogens is 1420 g/mol. The van der Waals surface area contributed by atoms with Crippen LogP contribution in [0.1, 0.15) is 87.1 Å². The molecule has 0 heterocycles. The Hall–Kier alpha value is -5.87. The van der Waals surface area contributed by atoms with Crippen LogP contribution in [0, 0.1) is 17.8 Å². The maximum atomic E-state index is 12.2. The zero-order valence-corrected chi connectivity index (χ0v) is 53.0. The molecule has 6 unspecified atom stereocenters. The van der Waals surface area contributed by atoms with Gasteiger partial charge in [0.2, 0.25) is 0 Å². The van der Waals surface area contributed by atoms with Crippen molar-refractivity contribution in [1.29, 1.82) is 0 Å². The van der Waals surface area contributed by atoms with Gasteiger partial charge in [-0.3, -0.25) is 13.2 Å². The monoisotopic (exact) mass is 1480 g/mol. The molecule has 32 nitrogen and oxygen atoms in total. The molecule has 0 spiro atoms. The number of hydrogen-bond acceptors (Lipinski definition) is 26. The van der Waals surface area contributed by atoms with Gasteiger partial charge in [0, 0.05) is 13.3 Å². The Labute approximate surface area is 510 Å². The van der Waals surface area contributed by atoms with E-state index in [4.69, 9.17) is 35.4 Å². The van der Waals surface area contributed by atoms with Crippen molar-refractivity contribution >= 4 is 102 Å². The molecule has 1 rings (SSSR count). The first-order valence-corrected chi connectivity index (χ1v) is 32.8. The second-order valence-electron chi connectivity index (χ2n) is 17.8. The van der Waals surface area contributed by atoms with Crippen LogP contribution in [0.2, 0.25) is 0 Å². The van der Waals surface area contributed by atoms with Gasteiger partial charge in [0.15, 0.2) is 36.6 Å². The summed E-state index contributed by atoms with van der Waals surface area (Å²) >= 11 is 0. The molecule has 536 valence electrons. The average Bonchev–Trinajstić information content (AvgIpc) is 1.04. The molecule has 50 heteroatoms. The Morgan fingerprint density at radius 1 is 0.407 bits per heavy atom. The first-order valence-electron chi connectivity index (χ1n) is 23.5. The minimum absolute atomic E-state index is 0.127. The summed E-state index contributed by atoms with van der Waals surface area (Å²) in [5.41, 5.74) is -22.4. The van der Waals surface area contributed by atoms with Crippen LogP contribution < -0.4 is 4.74 Å². The molecule has 1 aromatic rings. The van der Waals surface area contributed by atoms with Crippen molar-refractivity contribution in [2.45, 2.75) is 147 Å². The molecule has 0 amide bonds. The lowest BCUT2D eigenvalue weighted by Crippen LogP contribution is -2.37. The van der Waals surface area contributed by atoms with Crippen molar-refractivity contribution in [1.82, 2.24) is 0 Å². The maximum Gasteiger partial charge on any atom is 0.523 e. The minimum Gasteiger partial charge on any atom is -0.479 e. The van der Waals surface area contributed by atoms with Gasteiger partial charge in [0.25, 0.3) is 20.2 Å². The van der Waals surface area contributed by atoms with Gasteiger partial charge in [-0.25, -0.2) is 45.5 Å². The number of benzene rings is 1. The van der Waals surface area contributed by atoms with Gasteiger partial charge < -0.3 is 35.4 Å². The highest BCUT2D eigenvalue weighted by Gasteiger charge is 2.52. The first-order chi connectivity index (χ1) is 40.1. The average molecular weight is 1490 g/mol. The number of hydrogen-bond donors (Lipinski definition) is 6. The van der Waals surface area contributed by atoms with E-state index in [2.05, 4.69) is 25.1 Å². The minimum atomic E-state index is -6.04. The Balaban J connectivity index is -0.000000331. The molecule has 91 heavy (non-hydrogen) atoms. The van der Waals surface area contributed by atoms with Crippen molar-refractivity contribution in [2.24, 2.45) is 17.8 Å². The number of carboxylic acids is 6. The summed E-state index contributed by atoms with van der Waals surface area (Å²) < 4.78 is 297. The number of carboxylic acid groups (broad SMARTS) is 6. The number of ether oxygens (including phenoxy) is 1. The molecular formula is C41H60F12O32S6. The maximum absolute atomic E-state index is 12.2. The summed E-state index contributed by atoms with van der Waals surface area (Å²) in [6.45, 7) is 12.5. The number of rotatable bonds is 27. The van der Waals surface area contributed by atoms with Crippen LogP contribution in [-0.4, -0.2) is 194 Å². The van der Waals surface area contributed by atoms with Crippen LogP contribution in [-0.2, 0) is 126 Å². The Kier molecular flexibility index (Phi) is 39.5. The predicted octanol–water partition coefficient (Wildman–Crippen LogP) is 4.40. The third kappa shape index (κ3) is 40.7. The molecule has 0 bridgehead atoms. The van der Waals surface area contributed by atoms with E-state index in [0.717, 1.165) is 19.4 Å². The molecule has 0 aromatic heterocycles. The van der Waals surface area contributed by atoms with Crippen LogP contribution >= 0.6 is 0 Å². The number of alkyl halides is 12. The van der Waals surface area contributed by atoms with E-state index in [1.807, 2.05) is 0 Å². The SMILES string of the molecule is CC(=O)Oc1ccc(CC(OS(=O)(=O)C(F)(F)F)C(=O)O)cc1.CC(C)C(OS(=O)(=O)C(F)(F)F)C(=O)O.CC(C)C(OS(C)(=O)=O)C(=O)O.CC(C)CC(OS(=O)(=O)C(F)(F)F)C(=O)O.CCC(OS(=O)(=O)C(F)(F)F)C(=O)O.CCC(OS(C)(=O)=O)C(=O)O. The van der Waals surface area contributed by atoms with Gasteiger partial charge in [-0.05, 0) is 54.7 Å². The second kappa shape index (κ2) is 38.3. The Bertz CT molecular complexity index is 3240. The third-order valence-electron chi connectivity index (χ3n) is 8.49. The van der Waals surface area contributed by atoms with E-state index in [-0.39, 0.29) is 42.4 Å². The number of aliphatic carboxylic acids is 6. The largest absolute Gasteiger partial charge is 0.523 e. The van der Waals surface area contributed by atoms with Crippen molar-refractivity contribution in [3.8, 4) is 5.75 Å². The fraction of sp³-hybridized carbons (Fsp3) is 0.683. The summed E-state index contributed by atoms with van der Waals surface area (Å²) in [5.74, 6) is -11.7. The van der Waals surface area contributed by atoms with E-state index in [9.17, 15) is 137 Å². The zero-order valence-electron chi connectivity index (χ0n) is 48.1. The fourth-order valence-electron chi connectivity index (χ4n) is 4.50. The molecule has 0 aliphatic heterocycles. The number of carbonyl (C=O) groups excluding carboxylic acids is 1. The molecule has 6 N–H and O–H groups in total. The van der Waals surface area contributed by atoms with Crippen LogP contribution in [0.4, 0.5) is 52.7 Å². The summed E-state index contributed by atoms with van der Waals surface area (Å²) in [6.07, 6.45) is -10.5. The van der Waals surface area contributed by atoms with Crippen molar-refractivity contribution < 1.29 is 197 Å². The van der Waals surface area contributed by atoms with E-state index < -0.39 is 173 Å².